The van der Waals surface area contributed by atoms with Crippen molar-refractivity contribution in [2.75, 3.05) is 5.75 Å². The van der Waals surface area contributed by atoms with E-state index < -0.39 is 0 Å². The molecule has 5 nitrogen and oxygen atoms in total. The van der Waals surface area contributed by atoms with Gasteiger partial charge in [0.05, 0.1) is 5.69 Å². The van der Waals surface area contributed by atoms with Crippen LogP contribution in [0, 0.1) is 0 Å². The number of thioether (sulfide) groups is 1. The lowest BCUT2D eigenvalue weighted by molar-refractivity contribution is 0.812. The number of fused-ring (bicyclic) bond motifs is 1. The topological polar surface area (TPSA) is 56.0 Å². The summed E-state index contributed by atoms with van der Waals surface area (Å²) in [5, 5.41) is 13.8. The Kier molecular flexibility index (Phi) is 4.52. The van der Waals surface area contributed by atoms with Crippen LogP contribution in [0.5, 0.6) is 0 Å². The third kappa shape index (κ3) is 3.59. The molecule has 4 aromatic rings. The fourth-order valence-corrected chi connectivity index (χ4v) is 3.08. The van der Waals surface area contributed by atoms with Crippen LogP contribution < -0.4 is 0 Å². The van der Waals surface area contributed by atoms with Crippen molar-refractivity contribution in [1.29, 1.82) is 0 Å². The smallest absolute Gasteiger partial charge is 0.212 e. The molecule has 3 aromatic heterocycles. The van der Waals surface area contributed by atoms with Crippen LogP contribution in [-0.4, -0.2) is 30.5 Å². The van der Waals surface area contributed by atoms with Gasteiger partial charge in [0.2, 0.25) is 5.16 Å². The van der Waals surface area contributed by atoms with E-state index in [1.54, 1.807) is 22.5 Å². The first-order chi connectivity index (χ1) is 12.4. The molecule has 0 fully saturated rings. The van der Waals surface area contributed by atoms with Crippen molar-refractivity contribution in [1.82, 2.24) is 24.8 Å². The van der Waals surface area contributed by atoms with Gasteiger partial charge in [-0.15, -0.1) is 10.2 Å². The molecule has 0 aliphatic rings. The first-order valence-corrected chi connectivity index (χ1v) is 8.87. The second kappa shape index (κ2) is 7.27. The van der Waals surface area contributed by atoms with E-state index in [1.165, 1.54) is 5.56 Å². The lowest BCUT2D eigenvalue weighted by atomic mass is 10.2. The molecule has 0 saturated heterocycles. The summed E-state index contributed by atoms with van der Waals surface area (Å²) in [5.74, 6) is 0.797. The Morgan fingerprint density at radius 2 is 1.76 bits per heavy atom. The van der Waals surface area contributed by atoms with E-state index in [4.69, 9.17) is 0 Å². The van der Waals surface area contributed by atoms with Gasteiger partial charge in [0.1, 0.15) is 5.69 Å². The zero-order chi connectivity index (χ0) is 16.9. The maximum atomic E-state index is 4.63. The summed E-state index contributed by atoms with van der Waals surface area (Å²) in [4.78, 5) is 4.34. The number of pyridine rings is 1. The fraction of sp³-hybridized carbons (Fsp3) is 0.0526. The molecular formula is C19H15N5S. The zero-order valence-electron chi connectivity index (χ0n) is 13.4. The number of nitrogens with zero attached hydrogens (tertiary/aromatic N) is 5. The highest BCUT2D eigenvalue weighted by Crippen LogP contribution is 2.19. The van der Waals surface area contributed by atoms with Crippen LogP contribution in [0.25, 0.3) is 23.1 Å². The number of hydrogen-bond donors (Lipinski definition) is 0. The van der Waals surface area contributed by atoms with Crippen LogP contribution in [-0.2, 0) is 0 Å². The highest BCUT2D eigenvalue weighted by atomic mass is 32.2. The highest BCUT2D eigenvalue weighted by Gasteiger charge is 2.09. The van der Waals surface area contributed by atoms with Crippen LogP contribution >= 0.6 is 11.8 Å². The average molecular weight is 345 g/mol. The Hall–Kier alpha value is -2.99. The Morgan fingerprint density at radius 1 is 0.880 bits per heavy atom. The summed E-state index contributed by atoms with van der Waals surface area (Å²) in [6.07, 6.45) is 5.98. The number of benzene rings is 1. The van der Waals surface area contributed by atoms with Crippen molar-refractivity contribution in [3.63, 3.8) is 0 Å². The summed E-state index contributed by atoms with van der Waals surface area (Å²) >= 11 is 1.60. The third-order valence-corrected chi connectivity index (χ3v) is 4.45. The number of aromatic nitrogens is 5. The summed E-state index contributed by atoms with van der Waals surface area (Å²) < 4.78 is 1.77. The van der Waals surface area contributed by atoms with Crippen LogP contribution in [0.1, 0.15) is 5.56 Å². The molecule has 6 heteroatoms. The minimum Gasteiger partial charge on any atom is -0.255 e. The van der Waals surface area contributed by atoms with Gasteiger partial charge in [-0.1, -0.05) is 60.3 Å². The second-order valence-corrected chi connectivity index (χ2v) is 6.30. The molecule has 1 aromatic carbocycles. The molecule has 0 unspecified atom stereocenters. The van der Waals surface area contributed by atoms with Crippen molar-refractivity contribution < 1.29 is 0 Å². The number of hydrogen-bond acceptors (Lipinski definition) is 5. The van der Waals surface area contributed by atoms with E-state index in [0.717, 1.165) is 27.9 Å². The quantitative estimate of drug-likeness (QED) is 0.512. The van der Waals surface area contributed by atoms with Gasteiger partial charge in [-0.2, -0.15) is 9.61 Å². The lowest BCUT2D eigenvalue weighted by Crippen LogP contribution is -1.97. The standard InChI is InChI=1S/C19H15N5S/c1-2-7-15(8-3-1)9-6-14-25-19-22-21-18-12-11-17(23-24(18)19)16-10-4-5-13-20-16/h1-13H,14H2/b9-6+. The van der Waals surface area contributed by atoms with Crippen LogP contribution in [0.4, 0.5) is 0 Å². The molecule has 0 amide bonds. The summed E-state index contributed by atoms with van der Waals surface area (Å²) in [6.45, 7) is 0. The largest absolute Gasteiger partial charge is 0.255 e. The predicted molar refractivity (Wildman–Crippen MR) is 100 cm³/mol. The SMILES string of the molecule is C(=C\c1ccccc1)/CSc1nnc2ccc(-c3ccccn3)nn12. The summed E-state index contributed by atoms with van der Waals surface area (Å²) in [6, 6.07) is 19.8. The van der Waals surface area contributed by atoms with Crippen molar-refractivity contribution in [3.8, 4) is 11.4 Å². The van der Waals surface area contributed by atoms with Crippen LogP contribution in [0.15, 0.2) is 78.1 Å². The molecular weight excluding hydrogens is 330 g/mol. The summed E-state index contributed by atoms with van der Waals surface area (Å²) in [7, 11) is 0. The molecule has 4 rings (SSSR count). The maximum absolute atomic E-state index is 4.63. The molecule has 0 N–H and O–H groups in total. The zero-order valence-corrected chi connectivity index (χ0v) is 14.2. The molecule has 3 heterocycles. The van der Waals surface area contributed by atoms with Gasteiger partial charge in [0, 0.05) is 11.9 Å². The predicted octanol–water partition coefficient (Wildman–Crippen LogP) is 3.99. The third-order valence-electron chi connectivity index (χ3n) is 3.58. The van der Waals surface area contributed by atoms with Gasteiger partial charge in [-0.05, 0) is 29.8 Å². The lowest BCUT2D eigenvalue weighted by Gasteiger charge is -2.01. The van der Waals surface area contributed by atoms with Crippen molar-refractivity contribution in [2.24, 2.45) is 0 Å². The van der Waals surface area contributed by atoms with E-state index in [0.29, 0.717) is 0 Å². The second-order valence-electron chi connectivity index (χ2n) is 5.31. The van der Waals surface area contributed by atoms with Gasteiger partial charge in [-0.3, -0.25) is 4.98 Å². The van der Waals surface area contributed by atoms with E-state index in [2.05, 4.69) is 44.6 Å². The molecule has 0 atom stereocenters. The molecule has 0 aliphatic carbocycles. The molecule has 0 saturated carbocycles. The Morgan fingerprint density at radius 3 is 2.60 bits per heavy atom. The van der Waals surface area contributed by atoms with E-state index in [9.17, 15) is 0 Å². The average Bonchev–Trinajstić information content (AvgIpc) is 3.09. The molecule has 0 radical (unpaired) electrons. The van der Waals surface area contributed by atoms with Gasteiger partial charge in [0.15, 0.2) is 5.65 Å². The van der Waals surface area contributed by atoms with Gasteiger partial charge < -0.3 is 0 Å². The Balaban J connectivity index is 1.53. The minimum absolute atomic E-state index is 0.731. The van der Waals surface area contributed by atoms with Crippen molar-refractivity contribution >= 4 is 23.5 Å². The fourth-order valence-electron chi connectivity index (χ4n) is 2.38. The minimum atomic E-state index is 0.731. The summed E-state index contributed by atoms with van der Waals surface area (Å²) in [5.41, 5.74) is 3.55. The Labute approximate surface area is 149 Å². The molecule has 122 valence electrons. The van der Waals surface area contributed by atoms with E-state index in [1.807, 2.05) is 48.5 Å². The normalized spacial score (nSPS) is 11.4. The van der Waals surface area contributed by atoms with Crippen LogP contribution in [0.3, 0.4) is 0 Å². The van der Waals surface area contributed by atoms with Crippen molar-refractivity contribution in [2.45, 2.75) is 5.16 Å². The molecule has 0 spiro atoms. The molecule has 0 bridgehead atoms. The first-order valence-electron chi connectivity index (χ1n) is 7.88. The van der Waals surface area contributed by atoms with Gasteiger partial charge >= 0.3 is 0 Å². The molecule has 25 heavy (non-hydrogen) atoms. The molecule has 0 aliphatic heterocycles. The van der Waals surface area contributed by atoms with Crippen LogP contribution in [0.2, 0.25) is 0 Å². The highest BCUT2D eigenvalue weighted by molar-refractivity contribution is 7.99. The van der Waals surface area contributed by atoms with E-state index in [-0.39, 0.29) is 0 Å². The Bertz CT molecular complexity index is 996. The van der Waals surface area contributed by atoms with E-state index >= 15 is 0 Å². The monoisotopic (exact) mass is 345 g/mol. The van der Waals surface area contributed by atoms with Gasteiger partial charge in [-0.25, -0.2) is 0 Å². The van der Waals surface area contributed by atoms with Gasteiger partial charge in [0.25, 0.3) is 0 Å². The maximum Gasteiger partial charge on any atom is 0.212 e. The number of rotatable bonds is 5. The van der Waals surface area contributed by atoms with Crippen molar-refractivity contribution in [3.05, 3.63) is 78.5 Å². The first kappa shape index (κ1) is 15.5.